The van der Waals surface area contributed by atoms with Crippen molar-refractivity contribution in [2.24, 2.45) is 0 Å². The molecule has 0 bridgehead atoms. The van der Waals surface area contributed by atoms with E-state index in [0.717, 1.165) is 16.3 Å². The molecule has 4 nitrogen and oxygen atoms in total. The third-order valence-corrected chi connectivity index (χ3v) is 4.10. The summed E-state index contributed by atoms with van der Waals surface area (Å²) < 4.78 is 11.4. The predicted molar refractivity (Wildman–Crippen MR) is 76.3 cm³/mol. The molecule has 2 atom stereocenters. The van der Waals surface area contributed by atoms with E-state index < -0.39 is 0 Å². The molecule has 0 aliphatic carbocycles. The van der Waals surface area contributed by atoms with Crippen LogP contribution in [0.2, 0.25) is 0 Å². The van der Waals surface area contributed by atoms with Gasteiger partial charge in [0.25, 0.3) is 0 Å². The Morgan fingerprint density at radius 2 is 2.00 bits per heavy atom. The molecule has 3 heterocycles. The standard InChI is InChI=1S/C16H13NO3/c1-8-9(2)19-15-11-5-6-12-10(4-3-7-17-12)14(11)20-16(18)13(8)15/h3-9H,1-2H3/t8-,9+/m0/s1. The first-order valence-corrected chi connectivity index (χ1v) is 6.68. The van der Waals surface area contributed by atoms with Gasteiger partial charge in [0.1, 0.15) is 11.9 Å². The van der Waals surface area contributed by atoms with E-state index in [0.29, 0.717) is 16.9 Å². The van der Waals surface area contributed by atoms with Crippen LogP contribution in [0, 0.1) is 0 Å². The van der Waals surface area contributed by atoms with E-state index >= 15 is 0 Å². The number of ether oxygens (including phenoxy) is 1. The van der Waals surface area contributed by atoms with Crippen molar-refractivity contribution in [3.63, 3.8) is 0 Å². The van der Waals surface area contributed by atoms with Crippen molar-refractivity contribution in [2.75, 3.05) is 0 Å². The first kappa shape index (κ1) is 11.5. The average Bonchev–Trinajstić information content (AvgIpc) is 2.76. The maximum absolute atomic E-state index is 12.3. The van der Waals surface area contributed by atoms with Gasteiger partial charge in [-0.2, -0.15) is 0 Å². The Morgan fingerprint density at radius 1 is 1.15 bits per heavy atom. The lowest BCUT2D eigenvalue weighted by Gasteiger charge is -2.07. The summed E-state index contributed by atoms with van der Waals surface area (Å²) in [5.41, 5.74) is 1.71. The zero-order valence-corrected chi connectivity index (χ0v) is 11.2. The van der Waals surface area contributed by atoms with Crippen molar-refractivity contribution < 1.29 is 9.15 Å². The lowest BCUT2D eigenvalue weighted by Crippen LogP contribution is -2.14. The second-order valence-electron chi connectivity index (χ2n) is 5.26. The van der Waals surface area contributed by atoms with Crippen LogP contribution in [0.25, 0.3) is 21.9 Å². The van der Waals surface area contributed by atoms with Crippen molar-refractivity contribution in [1.82, 2.24) is 4.98 Å². The summed E-state index contributed by atoms with van der Waals surface area (Å²) in [5.74, 6) is 0.720. The molecule has 0 fully saturated rings. The van der Waals surface area contributed by atoms with Gasteiger partial charge in [0, 0.05) is 17.5 Å². The van der Waals surface area contributed by atoms with E-state index in [4.69, 9.17) is 9.15 Å². The molecule has 20 heavy (non-hydrogen) atoms. The van der Waals surface area contributed by atoms with E-state index in [1.165, 1.54) is 0 Å². The van der Waals surface area contributed by atoms with Gasteiger partial charge in [0.2, 0.25) is 0 Å². The highest BCUT2D eigenvalue weighted by Gasteiger charge is 2.33. The van der Waals surface area contributed by atoms with Gasteiger partial charge in [-0.1, -0.05) is 6.92 Å². The van der Waals surface area contributed by atoms with E-state index in [9.17, 15) is 4.79 Å². The number of benzene rings is 1. The molecule has 0 unspecified atom stereocenters. The fourth-order valence-corrected chi connectivity index (χ4v) is 2.84. The van der Waals surface area contributed by atoms with Crippen LogP contribution < -0.4 is 10.4 Å². The largest absolute Gasteiger partial charge is 0.489 e. The first-order chi connectivity index (χ1) is 9.66. The Labute approximate surface area is 115 Å². The highest BCUT2D eigenvalue weighted by molar-refractivity contribution is 6.04. The van der Waals surface area contributed by atoms with Crippen molar-refractivity contribution in [3.05, 3.63) is 46.4 Å². The molecule has 0 saturated carbocycles. The van der Waals surface area contributed by atoms with Gasteiger partial charge < -0.3 is 9.15 Å². The summed E-state index contributed by atoms with van der Waals surface area (Å²) >= 11 is 0. The van der Waals surface area contributed by atoms with E-state index in [1.807, 2.05) is 38.1 Å². The number of nitrogens with zero attached hydrogens (tertiary/aromatic N) is 1. The molecule has 2 aromatic heterocycles. The summed E-state index contributed by atoms with van der Waals surface area (Å²) in [4.78, 5) is 16.5. The van der Waals surface area contributed by atoms with Crippen LogP contribution in [0.1, 0.15) is 25.3 Å². The fraction of sp³-hybridized carbons (Fsp3) is 0.250. The minimum atomic E-state index is -0.305. The third-order valence-electron chi connectivity index (χ3n) is 4.10. The number of hydrogen-bond acceptors (Lipinski definition) is 4. The van der Waals surface area contributed by atoms with Crippen LogP contribution in [0.15, 0.2) is 39.7 Å². The minimum Gasteiger partial charge on any atom is -0.489 e. The smallest absolute Gasteiger partial charge is 0.343 e. The second kappa shape index (κ2) is 3.82. The quantitative estimate of drug-likeness (QED) is 0.463. The zero-order valence-electron chi connectivity index (χ0n) is 11.2. The first-order valence-electron chi connectivity index (χ1n) is 6.68. The molecule has 0 radical (unpaired) electrons. The molecule has 0 saturated heterocycles. The van der Waals surface area contributed by atoms with E-state index in [1.54, 1.807) is 6.20 Å². The number of rotatable bonds is 0. The maximum Gasteiger partial charge on any atom is 0.343 e. The second-order valence-corrected chi connectivity index (χ2v) is 5.26. The van der Waals surface area contributed by atoms with Crippen molar-refractivity contribution >= 4 is 21.9 Å². The van der Waals surface area contributed by atoms with E-state index in [-0.39, 0.29) is 17.6 Å². The zero-order chi connectivity index (χ0) is 13.9. The average molecular weight is 267 g/mol. The molecule has 100 valence electrons. The van der Waals surface area contributed by atoms with Crippen LogP contribution in [-0.2, 0) is 0 Å². The lowest BCUT2D eigenvalue weighted by atomic mass is 9.99. The van der Waals surface area contributed by atoms with Gasteiger partial charge >= 0.3 is 5.63 Å². The Kier molecular flexibility index (Phi) is 2.19. The predicted octanol–water partition coefficient (Wildman–Crippen LogP) is 3.23. The number of pyridine rings is 1. The molecule has 0 spiro atoms. The van der Waals surface area contributed by atoms with Crippen LogP contribution in [0.3, 0.4) is 0 Å². The molecule has 4 rings (SSSR count). The third kappa shape index (κ3) is 1.36. The highest BCUT2D eigenvalue weighted by Crippen LogP contribution is 2.41. The van der Waals surface area contributed by atoms with Gasteiger partial charge in [-0.3, -0.25) is 4.98 Å². The Hall–Kier alpha value is -2.36. The van der Waals surface area contributed by atoms with Crippen molar-refractivity contribution in [3.8, 4) is 5.75 Å². The molecular weight excluding hydrogens is 254 g/mol. The molecule has 1 aliphatic rings. The molecule has 4 heteroatoms. The molecular formula is C16H13NO3. The SMILES string of the molecule is C[C@@H]1c2c(c3ccc4ncccc4c3oc2=O)O[C@@H]1C. The van der Waals surface area contributed by atoms with Crippen molar-refractivity contribution in [2.45, 2.75) is 25.9 Å². The summed E-state index contributed by atoms with van der Waals surface area (Å²) in [5, 5.41) is 1.68. The molecule has 0 N–H and O–H groups in total. The topological polar surface area (TPSA) is 52.3 Å². The lowest BCUT2D eigenvalue weighted by molar-refractivity contribution is 0.234. The molecule has 0 amide bonds. The Balaban J connectivity index is 2.20. The normalized spacial score (nSPS) is 21.1. The summed E-state index contributed by atoms with van der Waals surface area (Å²) in [6.07, 6.45) is 1.71. The van der Waals surface area contributed by atoms with E-state index in [2.05, 4.69) is 4.98 Å². The van der Waals surface area contributed by atoms with Gasteiger partial charge in [-0.25, -0.2) is 4.79 Å². The Morgan fingerprint density at radius 3 is 2.85 bits per heavy atom. The number of fused-ring (bicyclic) bond motifs is 5. The van der Waals surface area contributed by atoms with Crippen molar-refractivity contribution in [1.29, 1.82) is 0 Å². The minimum absolute atomic E-state index is 0.0110. The fourth-order valence-electron chi connectivity index (χ4n) is 2.84. The monoisotopic (exact) mass is 267 g/mol. The maximum atomic E-state index is 12.3. The Bertz CT molecular complexity index is 897. The van der Waals surface area contributed by atoms with Gasteiger partial charge in [-0.05, 0) is 31.2 Å². The summed E-state index contributed by atoms with van der Waals surface area (Å²) in [7, 11) is 0. The van der Waals surface area contributed by atoms with Gasteiger partial charge in [0.05, 0.1) is 16.5 Å². The van der Waals surface area contributed by atoms with Crippen LogP contribution in [0.5, 0.6) is 5.75 Å². The number of hydrogen-bond donors (Lipinski definition) is 0. The van der Waals surface area contributed by atoms with Crippen LogP contribution in [-0.4, -0.2) is 11.1 Å². The molecule has 3 aromatic rings. The van der Waals surface area contributed by atoms with Crippen LogP contribution >= 0.6 is 0 Å². The van der Waals surface area contributed by atoms with Gasteiger partial charge in [0.15, 0.2) is 5.58 Å². The highest BCUT2D eigenvalue weighted by atomic mass is 16.5. The van der Waals surface area contributed by atoms with Gasteiger partial charge in [-0.15, -0.1) is 0 Å². The molecule has 1 aromatic carbocycles. The summed E-state index contributed by atoms with van der Waals surface area (Å²) in [6.45, 7) is 3.96. The van der Waals surface area contributed by atoms with Crippen LogP contribution in [0.4, 0.5) is 0 Å². The summed E-state index contributed by atoms with van der Waals surface area (Å²) in [6, 6.07) is 7.58. The number of aromatic nitrogens is 1. The molecule has 1 aliphatic heterocycles.